The Morgan fingerprint density at radius 2 is 2.06 bits per heavy atom. The number of nitrogens with zero attached hydrogens (tertiary/aromatic N) is 3. The molecule has 0 radical (unpaired) electrons. The third kappa shape index (κ3) is 4.64. The molecule has 4 rings (SSSR count). The number of amides is 2. The number of β-amino-alcohol motifs (C(OH)–C–C–N with tert-alkyl or cyclic N) is 1. The molecule has 1 aromatic carbocycles. The highest BCUT2D eigenvalue weighted by Gasteiger charge is 2.52. The van der Waals surface area contributed by atoms with Crippen LogP contribution in [0.4, 0.5) is 10.8 Å². The van der Waals surface area contributed by atoms with Gasteiger partial charge in [0.15, 0.2) is 5.13 Å². The van der Waals surface area contributed by atoms with Gasteiger partial charge in [-0.3, -0.25) is 14.5 Å². The highest BCUT2D eigenvalue weighted by molar-refractivity contribution is 7.88. The van der Waals surface area contributed by atoms with Gasteiger partial charge in [0.1, 0.15) is 0 Å². The molecule has 32 heavy (non-hydrogen) atoms. The van der Waals surface area contributed by atoms with Crippen LogP contribution in [0.5, 0.6) is 0 Å². The molecule has 0 bridgehead atoms. The van der Waals surface area contributed by atoms with Crippen LogP contribution in [0, 0.1) is 0 Å². The van der Waals surface area contributed by atoms with Crippen LogP contribution in [0.1, 0.15) is 26.2 Å². The molecule has 2 saturated heterocycles. The van der Waals surface area contributed by atoms with Gasteiger partial charge in [-0.2, -0.15) is 4.31 Å². The number of thiazole rings is 1. The smallest absolute Gasteiger partial charge is 0.240 e. The van der Waals surface area contributed by atoms with Crippen LogP contribution < -0.4 is 10.6 Å². The molecule has 3 heterocycles. The third-order valence-electron chi connectivity index (χ3n) is 6.10. The molecule has 10 nitrogen and oxygen atoms in total. The van der Waals surface area contributed by atoms with E-state index in [-0.39, 0.29) is 24.9 Å². The molecular weight excluding hydrogens is 454 g/mol. The first kappa shape index (κ1) is 23.1. The molecule has 2 aromatic rings. The Bertz CT molecular complexity index is 1150. The van der Waals surface area contributed by atoms with Crippen molar-refractivity contribution >= 4 is 54.2 Å². The van der Waals surface area contributed by atoms with Crippen LogP contribution in [0.3, 0.4) is 0 Å². The second-order valence-electron chi connectivity index (χ2n) is 8.47. The minimum absolute atomic E-state index is 0.0824. The lowest BCUT2D eigenvalue weighted by Crippen LogP contribution is -2.63. The molecule has 0 aliphatic carbocycles. The van der Waals surface area contributed by atoms with Gasteiger partial charge in [-0.25, -0.2) is 13.4 Å². The van der Waals surface area contributed by atoms with Crippen molar-refractivity contribution in [2.75, 3.05) is 43.1 Å². The molecule has 2 aliphatic rings. The summed E-state index contributed by atoms with van der Waals surface area (Å²) in [7, 11) is -3.40. The maximum absolute atomic E-state index is 12.6. The number of aromatic nitrogens is 1. The Morgan fingerprint density at radius 3 is 2.75 bits per heavy atom. The first-order chi connectivity index (χ1) is 15.1. The molecule has 1 spiro atoms. The lowest BCUT2D eigenvalue weighted by Gasteiger charge is -2.47. The SMILES string of the molecule is CC(=O)Nc1ccc2nc(NC(=O)CN3CC[C@@]4(CCCN4S(C)(=O)=O)[C@@H](O)C3)sc2c1. The highest BCUT2D eigenvalue weighted by Crippen LogP contribution is 2.40. The van der Waals surface area contributed by atoms with Gasteiger partial charge in [-0.1, -0.05) is 11.3 Å². The second kappa shape index (κ2) is 8.67. The van der Waals surface area contributed by atoms with Crippen molar-refractivity contribution in [2.45, 2.75) is 37.8 Å². The van der Waals surface area contributed by atoms with Crippen molar-refractivity contribution in [2.24, 2.45) is 0 Å². The van der Waals surface area contributed by atoms with Crippen LogP contribution in [0.2, 0.25) is 0 Å². The molecule has 2 atom stereocenters. The van der Waals surface area contributed by atoms with Gasteiger partial charge in [0.2, 0.25) is 21.8 Å². The number of aliphatic hydroxyl groups is 1. The Morgan fingerprint density at radius 1 is 1.28 bits per heavy atom. The Labute approximate surface area is 190 Å². The molecule has 2 aliphatic heterocycles. The maximum Gasteiger partial charge on any atom is 0.240 e. The standard InChI is InChI=1S/C20H27N5O5S2/c1-13(26)21-14-4-5-15-16(10-14)31-19(22-15)23-18(28)12-24-9-7-20(17(27)11-24)6-3-8-25(20)32(2,29)30/h4-5,10,17,27H,3,6-9,11-12H2,1-2H3,(H,21,26)(H,22,23,28)/t17-,20-/m0/s1. The van der Waals surface area contributed by atoms with Crippen molar-refractivity contribution in [3.8, 4) is 0 Å². The highest BCUT2D eigenvalue weighted by atomic mass is 32.2. The zero-order valence-electron chi connectivity index (χ0n) is 18.0. The minimum Gasteiger partial charge on any atom is -0.390 e. The van der Waals surface area contributed by atoms with Crippen molar-refractivity contribution < 1.29 is 23.1 Å². The summed E-state index contributed by atoms with van der Waals surface area (Å²) >= 11 is 1.31. The number of fused-ring (bicyclic) bond motifs is 1. The van der Waals surface area contributed by atoms with Crippen molar-refractivity contribution in [1.82, 2.24) is 14.2 Å². The summed E-state index contributed by atoms with van der Waals surface area (Å²) in [6.45, 7) is 2.71. The normalized spacial score (nSPS) is 24.8. The average Bonchev–Trinajstić information content (AvgIpc) is 3.28. The largest absolute Gasteiger partial charge is 0.390 e. The fourth-order valence-electron chi connectivity index (χ4n) is 4.74. The summed E-state index contributed by atoms with van der Waals surface area (Å²) in [6.07, 6.45) is 2.18. The van der Waals surface area contributed by atoms with E-state index in [9.17, 15) is 23.1 Å². The van der Waals surface area contributed by atoms with E-state index in [1.165, 1.54) is 28.8 Å². The number of benzene rings is 1. The van der Waals surface area contributed by atoms with E-state index >= 15 is 0 Å². The number of hydrogen-bond donors (Lipinski definition) is 3. The minimum atomic E-state index is -3.40. The van der Waals surface area contributed by atoms with E-state index in [1.54, 1.807) is 18.2 Å². The number of aliphatic hydroxyl groups excluding tert-OH is 1. The van der Waals surface area contributed by atoms with Crippen LogP contribution in [0.15, 0.2) is 18.2 Å². The van der Waals surface area contributed by atoms with E-state index in [2.05, 4.69) is 15.6 Å². The van der Waals surface area contributed by atoms with E-state index in [0.717, 1.165) is 16.6 Å². The zero-order valence-corrected chi connectivity index (χ0v) is 19.6. The molecule has 1 aromatic heterocycles. The van der Waals surface area contributed by atoms with Gasteiger partial charge in [0.05, 0.1) is 34.7 Å². The van der Waals surface area contributed by atoms with Gasteiger partial charge in [0.25, 0.3) is 0 Å². The number of sulfonamides is 1. The number of anilines is 2. The summed E-state index contributed by atoms with van der Waals surface area (Å²) in [6, 6.07) is 5.34. The van der Waals surface area contributed by atoms with E-state index in [4.69, 9.17) is 0 Å². The van der Waals surface area contributed by atoms with Gasteiger partial charge in [0, 0.05) is 32.2 Å². The summed E-state index contributed by atoms with van der Waals surface area (Å²) in [5.74, 6) is -0.411. The summed E-state index contributed by atoms with van der Waals surface area (Å²) in [5, 5.41) is 16.8. The maximum atomic E-state index is 12.6. The Hall–Kier alpha value is -2.12. The van der Waals surface area contributed by atoms with Crippen molar-refractivity contribution in [1.29, 1.82) is 0 Å². The van der Waals surface area contributed by atoms with Crippen molar-refractivity contribution in [3.05, 3.63) is 18.2 Å². The van der Waals surface area contributed by atoms with Crippen LogP contribution in [-0.2, 0) is 19.6 Å². The molecule has 0 unspecified atom stereocenters. The van der Waals surface area contributed by atoms with E-state index in [0.29, 0.717) is 36.8 Å². The molecule has 174 valence electrons. The van der Waals surface area contributed by atoms with Crippen LogP contribution in [0.25, 0.3) is 10.2 Å². The van der Waals surface area contributed by atoms with Crippen LogP contribution >= 0.6 is 11.3 Å². The Kier molecular flexibility index (Phi) is 6.25. The average molecular weight is 482 g/mol. The quantitative estimate of drug-likeness (QED) is 0.582. The lowest BCUT2D eigenvalue weighted by atomic mass is 9.83. The summed E-state index contributed by atoms with van der Waals surface area (Å²) in [4.78, 5) is 30.1. The number of carbonyl (C=O) groups is 2. The first-order valence-corrected chi connectivity index (χ1v) is 13.1. The third-order valence-corrected chi connectivity index (χ3v) is 8.38. The molecule has 2 fully saturated rings. The monoisotopic (exact) mass is 481 g/mol. The number of carbonyl (C=O) groups excluding carboxylic acids is 2. The predicted molar refractivity (Wildman–Crippen MR) is 123 cm³/mol. The Balaban J connectivity index is 1.37. The second-order valence-corrected chi connectivity index (χ2v) is 11.4. The van der Waals surface area contributed by atoms with Crippen molar-refractivity contribution in [3.63, 3.8) is 0 Å². The topological polar surface area (TPSA) is 132 Å². The van der Waals surface area contributed by atoms with E-state index < -0.39 is 21.7 Å². The lowest BCUT2D eigenvalue weighted by molar-refractivity contribution is -0.119. The number of hydrogen-bond acceptors (Lipinski definition) is 8. The van der Waals surface area contributed by atoms with Crippen LogP contribution in [-0.4, -0.2) is 83.6 Å². The van der Waals surface area contributed by atoms with Gasteiger partial charge in [-0.05, 0) is 37.5 Å². The fraction of sp³-hybridized carbons (Fsp3) is 0.550. The molecule has 2 amide bonds. The molecular formula is C20H27N5O5S2. The molecule has 0 saturated carbocycles. The number of likely N-dealkylation sites (tertiary alicyclic amines) is 1. The number of rotatable bonds is 5. The van der Waals surface area contributed by atoms with Gasteiger partial charge < -0.3 is 15.7 Å². The van der Waals surface area contributed by atoms with Gasteiger partial charge >= 0.3 is 0 Å². The summed E-state index contributed by atoms with van der Waals surface area (Å²) in [5.41, 5.74) is 0.619. The zero-order chi connectivity index (χ0) is 23.1. The number of nitrogens with one attached hydrogen (secondary N) is 2. The molecule has 12 heteroatoms. The first-order valence-electron chi connectivity index (χ1n) is 10.4. The fourth-order valence-corrected chi connectivity index (χ4v) is 7.09. The predicted octanol–water partition coefficient (Wildman–Crippen LogP) is 1.05. The summed E-state index contributed by atoms with van der Waals surface area (Å²) < 4.78 is 26.6. The molecule has 3 N–H and O–H groups in total. The van der Waals surface area contributed by atoms with E-state index in [1.807, 2.05) is 4.90 Å². The van der Waals surface area contributed by atoms with Gasteiger partial charge in [-0.15, -0.1) is 0 Å². The number of piperidine rings is 1.